The van der Waals surface area contributed by atoms with Crippen LogP contribution in [0.2, 0.25) is 0 Å². The maximum absolute atomic E-state index is 15.7. The maximum Gasteiger partial charge on any atom is 0.200 e. The molecule has 10 heteroatoms. The Morgan fingerprint density at radius 2 is 0.667 bits per heavy atom. The SMILES string of the molecule is COc1ccccc1C1C(CP(=O)(Sc2ccccc2)Sc2ccccc2)C(CP(=O)(Sc2ccccc2)Sc2ccccc2)C1c1ccccc1OC. The first-order valence-corrected chi connectivity index (χ1v) is 27.3. The summed E-state index contributed by atoms with van der Waals surface area (Å²) in [5.74, 6) is 1.28. The Morgan fingerprint density at radius 1 is 0.407 bits per heavy atom. The third-order valence-electron chi connectivity index (χ3n) is 9.68. The Labute approximate surface area is 335 Å². The Kier molecular flexibility index (Phi) is 13.1. The first-order valence-electron chi connectivity index (χ1n) is 17.8. The molecule has 1 aliphatic carbocycles. The van der Waals surface area contributed by atoms with Gasteiger partial charge in [0.25, 0.3) is 0 Å². The first kappa shape index (κ1) is 39.0. The third kappa shape index (κ3) is 9.41. The minimum Gasteiger partial charge on any atom is -0.496 e. The van der Waals surface area contributed by atoms with E-state index >= 15 is 9.13 Å². The van der Waals surface area contributed by atoms with Gasteiger partial charge < -0.3 is 9.47 Å². The molecule has 1 aliphatic rings. The van der Waals surface area contributed by atoms with E-state index in [1.165, 1.54) is 45.5 Å². The van der Waals surface area contributed by atoms with Crippen LogP contribution in [-0.4, -0.2) is 26.5 Å². The molecule has 6 aromatic rings. The van der Waals surface area contributed by atoms with E-state index in [1.54, 1.807) is 14.2 Å². The molecule has 0 N–H and O–H groups in total. The van der Waals surface area contributed by atoms with Crippen LogP contribution in [0.4, 0.5) is 0 Å². The lowest BCUT2D eigenvalue weighted by atomic mass is 9.53. The van der Waals surface area contributed by atoms with Crippen LogP contribution < -0.4 is 9.47 Å². The van der Waals surface area contributed by atoms with Crippen molar-refractivity contribution in [2.75, 3.05) is 26.5 Å². The average Bonchev–Trinajstić information content (AvgIpc) is 3.20. The van der Waals surface area contributed by atoms with Crippen LogP contribution in [0, 0.1) is 11.8 Å². The summed E-state index contributed by atoms with van der Waals surface area (Å²) in [5.41, 5.74) is -4.02. The zero-order valence-electron chi connectivity index (χ0n) is 30.0. The Hall–Kier alpha value is -3.22. The van der Waals surface area contributed by atoms with Crippen molar-refractivity contribution in [3.05, 3.63) is 181 Å². The highest BCUT2D eigenvalue weighted by molar-refractivity contribution is 8.91. The van der Waals surface area contributed by atoms with Crippen molar-refractivity contribution in [1.82, 2.24) is 0 Å². The monoisotopic (exact) mass is 824 g/mol. The summed E-state index contributed by atoms with van der Waals surface area (Å²) in [6, 6.07) is 56.7. The van der Waals surface area contributed by atoms with Gasteiger partial charge in [0, 0.05) is 31.9 Å². The van der Waals surface area contributed by atoms with Crippen LogP contribution in [0.15, 0.2) is 189 Å². The van der Waals surface area contributed by atoms with Gasteiger partial charge in [-0.05, 0) is 141 Å². The van der Waals surface area contributed by atoms with Gasteiger partial charge in [-0.25, -0.2) is 0 Å². The van der Waals surface area contributed by atoms with Crippen molar-refractivity contribution in [2.45, 2.75) is 31.4 Å². The molecule has 0 radical (unpaired) electrons. The predicted molar refractivity (Wildman–Crippen MR) is 233 cm³/mol. The topological polar surface area (TPSA) is 52.6 Å². The summed E-state index contributed by atoms with van der Waals surface area (Å²) in [7, 11) is 3.43. The van der Waals surface area contributed by atoms with Crippen LogP contribution in [0.3, 0.4) is 0 Å². The van der Waals surface area contributed by atoms with E-state index in [-0.39, 0.29) is 23.7 Å². The van der Waals surface area contributed by atoms with Gasteiger partial charge in [-0.2, -0.15) is 0 Å². The van der Waals surface area contributed by atoms with Crippen LogP contribution in [0.5, 0.6) is 11.5 Å². The molecule has 0 aromatic heterocycles. The van der Waals surface area contributed by atoms with Crippen molar-refractivity contribution >= 4 is 56.6 Å². The van der Waals surface area contributed by atoms with E-state index in [2.05, 4.69) is 24.3 Å². The fourth-order valence-electron chi connectivity index (χ4n) is 7.42. The second kappa shape index (κ2) is 18.2. The lowest BCUT2D eigenvalue weighted by Crippen LogP contribution is -2.46. The van der Waals surface area contributed by atoms with Crippen molar-refractivity contribution in [3.63, 3.8) is 0 Å². The minimum atomic E-state index is -3.08. The van der Waals surface area contributed by atoms with Crippen LogP contribution in [0.1, 0.15) is 23.0 Å². The molecular formula is C44H42O4P2S4. The molecule has 4 atom stereocenters. The van der Waals surface area contributed by atoms with Gasteiger partial charge in [0.05, 0.1) is 14.2 Å². The summed E-state index contributed by atoms with van der Waals surface area (Å²) in [5, 5.41) is 0. The summed E-state index contributed by atoms with van der Waals surface area (Å²) in [6.07, 6.45) is 0.883. The zero-order valence-corrected chi connectivity index (χ0v) is 35.1. The molecule has 0 aliphatic heterocycles. The van der Waals surface area contributed by atoms with Gasteiger partial charge in [0.15, 0.2) is 0 Å². The van der Waals surface area contributed by atoms with Crippen LogP contribution in [-0.2, 0) is 9.13 Å². The Balaban J connectivity index is 1.38. The highest BCUT2D eigenvalue weighted by Crippen LogP contribution is 2.80. The fourth-order valence-corrected chi connectivity index (χ4v) is 24.5. The molecule has 0 bridgehead atoms. The van der Waals surface area contributed by atoms with Crippen molar-refractivity contribution < 1.29 is 18.6 Å². The number of methoxy groups -OCH3 is 2. The summed E-state index contributed by atoms with van der Waals surface area (Å²) in [4.78, 5) is 3.89. The standard InChI is InChI=1S/C44H42O4P2S4/c1-47-41-29-17-15-27-37(41)43-39(31-49(45,51-33-19-7-3-8-20-33)52-34-21-9-4-10-22-34)40(44(43)38-28-16-18-30-42(38)48-2)32-50(46,53-35-23-11-5-12-24-35)54-36-25-13-6-14-26-36/h3-30,39-40,43-44H,31-32H2,1-2H3. The lowest BCUT2D eigenvalue weighted by Gasteiger charge is -2.54. The Bertz CT molecular complexity index is 1960. The normalized spacial score (nSPS) is 18.4. The second-order valence-corrected chi connectivity index (χ2v) is 29.5. The zero-order chi connectivity index (χ0) is 37.4. The maximum atomic E-state index is 15.7. The number of hydrogen-bond donors (Lipinski definition) is 0. The highest BCUT2D eigenvalue weighted by Gasteiger charge is 2.57. The van der Waals surface area contributed by atoms with E-state index in [1.807, 2.05) is 146 Å². The van der Waals surface area contributed by atoms with E-state index in [9.17, 15) is 0 Å². The Morgan fingerprint density at radius 3 is 0.944 bits per heavy atom. The number of rotatable bonds is 16. The summed E-state index contributed by atoms with van der Waals surface area (Å²) in [6.45, 7) is 0. The summed E-state index contributed by atoms with van der Waals surface area (Å²) >= 11 is 5.93. The molecule has 7 rings (SSSR count). The van der Waals surface area contributed by atoms with Crippen LogP contribution >= 0.6 is 56.6 Å². The van der Waals surface area contributed by atoms with Gasteiger partial charge in [-0.3, -0.25) is 9.13 Å². The molecule has 4 nitrogen and oxygen atoms in total. The van der Waals surface area contributed by atoms with Crippen molar-refractivity contribution in [2.24, 2.45) is 11.8 Å². The smallest absolute Gasteiger partial charge is 0.200 e. The molecule has 6 aromatic carbocycles. The molecule has 54 heavy (non-hydrogen) atoms. The molecule has 4 unspecified atom stereocenters. The van der Waals surface area contributed by atoms with E-state index in [0.29, 0.717) is 12.3 Å². The summed E-state index contributed by atoms with van der Waals surface area (Å²) < 4.78 is 43.5. The molecule has 0 amide bonds. The highest BCUT2D eigenvalue weighted by atomic mass is 33.1. The molecule has 0 saturated heterocycles. The molecule has 0 heterocycles. The number of hydrogen-bond acceptors (Lipinski definition) is 8. The van der Waals surface area contributed by atoms with E-state index < -0.39 is 11.1 Å². The largest absolute Gasteiger partial charge is 0.496 e. The van der Waals surface area contributed by atoms with Gasteiger partial charge in [-0.1, -0.05) is 109 Å². The quantitative estimate of drug-likeness (QED) is 0.0895. The van der Waals surface area contributed by atoms with Crippen molar-refractivity contribution in [1.29, 1.82) is 0 Å². The lowest BCUT2D eigenvalue weighted by molar-refractivity contribution is 0.124. The average molecular weight is 825 g/mol. The second-order valence-electron chi connectivity index (χ2n) is 13.1. The predicted octanol–water partition coefficient (Wildman–Crippen LogP) is 14.4. The van der Waals surface area contributed by atoms with E-state index in [0.717, 1.165) is 42.2 Å². The number of para-hydroxylation sites is 2. The molecule has 1 fully saturated rings. The molecular weight excluding hydrogens is 783 g/mol. The first-order chi connectivity index (χ1) is 26.4. The van der Waals surface area contributed by atoms with Gasteiger partial charge in [0.2, 0.25) is 11.1 Å². The molecule has 1 saturated carbocycles. The van der Waals surface area contributed by atoms with Crippen LogP contribution in [0.25, 0.3) is 0 Å². The number of ether oxygens (including phenoxy) is 2. The minimum absolute atomic E-state index is 0.0691. The number of benzene rings is 6. The van der Waals surface area contributed by atoms with E-state index in [4.69, 9.17) is 9.47 Å². The van der Waals surface area contributed by atoms with Gasteiger partial charge >= 0.3 is 0 Å². The van der Waals surface area contributed by atoms with Crippen molar-refractivity contribution in [3.8, 4) is 11.5 Å². The van der Waals surface area contributed by atoms with Gasteiger partial charge in [-0.15, -0.1) is 0 Å². The molecule has 0 spiro atoms. The van der Waals surface area contributed by atoms with Gasteiger partial charge in [0.1, 0.15) is 11.5 Å². The molecule has 276 valence electrons. The fraction of sp³-hybridized carbons (Fsp3) is 0.182. The third-order valence-corrected chi connectivity index (χ3v) is 24.8.